The Hall–Kier alpha value is -1.72. The van der Waals surface area contributed by atoms with Crippen molar-refractivity contribution in [1.29, 1.82) is 0 Å². The summed E-state index contributed by atoms with van der Waals surface area (Å²) in [6, 6.07) is 9.99. The molecule has 1 aliphatic rings. The second-order valence-electron chi connectivity index (χ2n) is 5.71. The van der Waals surface area contributed by atoms with Crippen molar-refractivity contribution in [3.63, 3.8) is 0 Å². The molecule has 2 aromatic rings. The Balaban J connectivity index is 1.76. The first-order valence-electron chi connectivity index (χ1n) is 7.42. The van der Waals surface area contributed by atoms with Gasteiger partial charge in [-0.15, -0.1) is 0 Å². The van der Waals surface area contributed by atoms with Gasteiger partial charge in [0.25, 0.3) is 0 Å². The molecule has 0 bridgehead atoms. The second-order valence-corrected chi connectivity index (χ2v) is 5.71. The average molecular weight is 287 g/mol. The number of ether oxygens (including phenoxy) is 1. The highest BCUT2D eigenvalue weighted by molar-refractivity contribution is 5.53. The van der Waals surface area contributed by atoms with Gasteiger partial charge in [0.15, 0.2) is 0 Å². The fourth-order valence-electron chi connectivity index (χ4n) is 2.80. The van der Waals surface area contributed by atoms with Crippen molar-refractivity contribution in [3.8, 4) is 11.4 Å². The minimum absolute atomic E-state index is 0.101. The van der Waals surface area contributed by atoms with Gasteiger partial charge < -0.3 is 9.26 Å². The van der Waals surface area contributed by atoms with Crippen molar-refractivity contribution >= 4 is 0 Å². The molecule has 3 rings (SSSR count). The van der Waals surface area contributed by atoms with Gasteiger partial charge in [0.1, 0.15) is 0 Å². The lowest BCUT2D eigenvalue weighted by Crippen LogP contribution is -2.46. The number of aromatic nitrogens is 2. The van der Waals surface area contributed by atoms with Gasteiger partial charge in [-0.3, -0.25) is 4.90 Å². The van der Waals surface area contributed by atoms with Crippen LogP contribution in [0.25, 0.3) is 11.4 Å². The Morgan fingerprint density at radius 3 is 2.48 bits per heavy atom. The van der Waals surface area contributed by atoms with E-state index in [1.165, 1.54) is 0 Å². The largest absolute Gasteiger partial charge is 0.373 e. The lowest BCUT2D eigenvalue weighted by Gasteiger charge is -2.37. The summed E-state index contributed by atoms with van der Waals surface area (Å²) in [7, 11) is 0. The van der Waals surface area contributed by atoms with E-state index in [4.69, 9.17) is 9.26 Å². The second kappa shape index (κ2) is 5.95. The van der Waals surface area contributed by atoms with E-state index in [2.05, 4.69) is 35.8 Å². The lowest BCUT2D eigenvalue weighted by atomic mass is 10.1. The minimum Gasteiger partial charge on any atom is -0.373 e. The fourth-order valence-corrected chi connectivity index (χ4v) is 2.80. The van der Waals surface area contributed by atoms with Crippen LogP contribution in [-0.4, -0.2) is 40.3 Å². The maximum absolute atomic E-state index is 5.77. The van der Waals surface area contributed by atoms with Crippen LogP contribution in [0.1, 0.15) is 32.7 Å². The average Bonchev–Trinajstić information content (AvgIpc) is 2.96. The number of hydrogen-bond donors (Lipinski definition) is 0. The molecular formula is C16H21N3O2. The number of hydrogen-bond acceptors (Lipinski definition) is 5. The predicted molar refractivity (Wildman–Crippen MR) is 79.7 cm³/mol. The van der Waals surface area contributed by atoms with E-state index in [0.717, 1.165) is 18.7 Å². The van der Waals surface area contributed by atoms with Crippen molar-refractivity contribution in [2.45, 2.75) is 39.0 Å². The quantitative estimate of drug-likeness (QED) is 0.868. The Kier molecular flexibility index (Phi) is 4.03. The molecule has 1 aromatic heterocycles. The molecule has 0 amide bonds. The van der Waals surface area contributed by atoms with E-state index in [-0.39, 0.29) is 18.2 Å². The van der Waals surface area contributed by atoms with Crippen molar-refractivity contribution in [2.24, 2.45) is 0 Å². The summed E-state index contributed by atoms with van der Waals surface area (Å²) in [5.74, 6) is 1.31. The molecule has 1 aliphatic heterocycles. The summed E-state index contributed by atoms with van der Waals surface area (Å²) in [5, 5.41) is 4.10. The summed E-state index contributed by atoms with van der Waals surface area (Å²) in [6.45, 7) is 8.06. The summed E-state index contributed by atoms with van der Waals surface area (Å²) in [4.78, 5) is 6.88. The van der Waals surface area contributed by atoms with Crippen molar-refractivity contribution < 1.29 is 9.26 Å². The Labute approximate surface area is 124 Å². The highest BCUT2D eigenvalue weighted by Crippen LogP contribution is 2.25. The van der Waals surface area contributed by atoms with Crippen molar-refractivity contribution in [1.82, 2.24) is 15.0 Å². The lowest BCUT2D eigenvalue weighted by molar-refractivity contribution is -0.0818. The normalized spacial score (nSPS) is 24.9. The van der Waals surface area contributed by atoms with Gasteiger partial charge in [-0.1, -0.05) is 35.5 Å². The molecule has 0 N–H and O–H groups in total. The van der Waals surface area contributed by atoms with Crippen LogP contribution in [0.2, 0.25) is 0 Å². The summed E-state index contributed by atoms with van der Waals surface area (Å²) < 4.78 is 11.2. The van der Waals surface area contributed by atoms with Gasteiger partial charge in [0, 0.05) is 18.7 Å². The summed E-state index contributed by atoms with van der Waals surface area (Å²) in [5.41, 5.74) is 0.975. The zero-order valence-corrected chi connectivity index (χ0v) is 12.7. The standard InChI is InChI=1S/C16H21N3O2/c1-11-9-19(10-12(2)20-11)13(3)16-17-15(18-21-16)14-7-5-4-6-8-14/h4-8,11-13H,9-10H2,1-3H3/t11-,12-,13-/m1/s1. The first-order chi connectivity index (χ1) is 10.1. The van der Waals surface area contributed by atoms with Crippen LogP contribution in [0.4, 0.5) is 0 Å². The SMILES string of the molecule is C[C@@H]1CN([C@H](C)c2nc(-c3ccccc3)no2)C[C@@H](C)O1. The summed E-state index contributed by atoms with van der Waals surface area (Å²) in [6.07, 6.45) is 0.459. The molecule has 1 saturated heterocycles. The highest BCUT2D eigenvalue weighted by atomic mass is 16.5. The van der Waals surface area contributed by atoms with E-state index in [1.807, 2.05) is 30.3 Å². The van der Waals surface area contributed by atoms with Gasteiger partial charge in [-0.2, -0.15) is 4.98 Å². The predicted octanol–water partition coefficient (Wildman–Crippen LogP) is 2.91. The highest BCUT2D eigenvalue weighted by Gasteiger charge is 2.29. The molecule has 112 valence electrons. The van der Waals surface area contributed by atoms with E-state index in [9.17, 15) is 0 Å². The third-order valence-electron chi connectivity index (χ3n) is 3.83. The Bertz CT molecular complexity index is 574. The fraction of sp³-hybridized carbons (Fsp3) is 0.500. The number of rotatable bonds is 3. The van der Waals surface area contributed by atoms with Crippen LogP contribution >= 0.6 is 0 Å². The molecule has 5 nitrogen and oxygen atoms in total. The number of morpholine rings is 1. The van der Waals surface area contributed by atoms with Crippen molar-refractivity contribution in [3.05, 3.63) is 36.2 Å². The van der Waals surface area contributed by atoms with Crippen LogP contribution in [0.3, 0.4) is 0 Å². The Morgan fingerprint density at radius 2 is 1.81 bits per heavy atom. The zero-order valence-electron chi connectivity index (χ0n) is 12.7. The van der Waals surface area contributed by atoms with Crippen LogP contribution in [0.5, 0.6) is 0 Å². The molecule has 0 spiro atoms. The molecule has 1 aromatic carbocycles. The molecule has 1 fully saturated rings. The number of nitrogens with zero attached hydrogens (tertiary/aromatic N) is 3. The smallest absolute Gasteiger partial charge is 0.244 e. The van der Waals surface area contributed by atoms with E-state index in [1.54, 1.807) is 0 Å². The first kappa shape index (κ1) is 14.2. The molecule has 0 radical (unpaired) electrons. The molecule has 0 unspecified atom stereocenters. The molecule has 0 saturated carbocycles. The van der Waals surface area contributed by atoms with Crippen molar-refractivity contribution in [2.75, 3.05) is 13.1 Å². The number of benzene rings is 1. The topological polar surface area (TPSA) is 51.4 Å². The first-order valence-corrected chi connectivity index (χ1v) is 7.42. The maximum Gasteiger partial charge on any atom is 0.244 e. The van der Waals surface area contributed by atoms with E-state index >= 15 is 0 Å². The van der Waals surface area contributed by atoms with Gasteiger partial charge in [-0.25, -0.2) is 0 Å². The molecule has 2 heterocycles. The van der Waals surface area contributed by atoms with Crippen LogP contribution in [0.15, 0.2) is 34.9 Å². The molecule has 5 heteroatoms. The van der Waals surface area contributed by atoms with Gasteiger partial charge >= 0.3 is 0 Å². The van der Waals surface area contributed by atoms with E-state index < -0.39 is 0 Å². The third-order valence-corrected chi connectivity index (χ3v) is 3.83. The van der Waals surface area contributed by atoms with Gasteiger partial charge in [0.05, 0.1) is 18.2 Å². The monoisotopic (exact) mass is 287 g/mol. The van der Waals surface area contributed by atoms with Gasteiger partial charge in [0.2, 0.25) is 11.7 Å². The van der Waals surface area contributed by atoms with Crippen LogP contribution < -0.4 is 0 Å². The third kappa shape index (κ3) is 3.14. The van der Waals surface area contributed by atoms with Crippen LogP contribution in [-0.2, 0) is 4.74 Å². The van der Waals surface area contributed by atoms with E-state index in [0.29, 0.717) is 11.7 Å². The Morgan fingerprint density at radius 1 is 1.14 bits per heavy atom. The van der Waals surface area contributed by atoms with Crippen LogP contribution in [0, 0.1) is 0 Å². The molecular weight excluding hydrogens is 266 g/mol. The summed E-state index contributed by atoms with van der Waals surface area (Å²) >= 11 is 0. The molecule has 0 aliphatic carbocycles. The maximum atomic E-state index is 5.77. The van der Waals surface area contributed by atoms with Gasteiger partial charge in [-0.05, 0) is 20.8 Å². The zero-order chi connectivity index (χ0) is 14.8. The molecule has 3 atom stereocenters. The minimum atomic E-state index is 0.101. The molecule has 21 heavy (non-hydrogen) atoms.